The van der Waals surface area contributed by atoms with E-state index in [-0.39, 0.29) is 17.7 Å². The van der Waals surface area contributed by atoms with Crippen LogP contribution >= 0.6 is 27.3 Å². The van der Waals surface area contributed by atoms with Gasteiger partial charge in [0.2, 0.25) is 11.8 Å². The van der Waals surface area contributed by atoms with Crippen LogP contribution in [0.3, 0.4) is 0 Å². The normalized spacial score (nSPS) is 15.6. The summed E-state index contributed by atoms with van der Waals surface area (Å²) in [7, 11) is 0. The van der Waals surface area contributed by atoms with Crippen LogP contribution in [-0.2, 0) is 15.0 Å². The van der Waals surface area contributed by atoms with Crippen LogP contribution in [0.5, 0.6) is 0 Å². The lowest BCUT2D eigenvalue weighted by Gasteiger charge is -2.39. The molecule has 3 rings (SSSR count). The number of amides is 3. The molecule has 0 saturated carbocycles. The largest absolute Gasteiger partial charge is 0.340 e. The first-order valence-electron chi connectivity index (χ1n) is 9.90. The molecule has 2 heterocycles. The number of nitrogens with zero attached hydrogens (tertiary/aromatic N) is 2. The lowest BCUT2D eigenvalue weighted by Crippen LogP contribution is -2.57. The van der Waals surface area contributed by atoms with E-state index in [0.717, 1.165) is 9.35 Å². The van der Waals surface area contributed by atoms with Crippen molar-refractivity contribution in [2.24, 2.45) is 0 Å². The van der Waals surface area contributed by atoms with Crippen LogP contribution in [0.15, 0.2) is 46.3 Å². The summed E-state index contributed by atoms with van der Waals surface area (Å²) in [5, 5.41) is 2.77. The number of hydrogen-bond acceptors (Lipinski definition) is 4. The van der Waals surface area contributed by atoms with Gasteiger partial charge in [-0.15, -0.1) is 11.3 Å². The third-order valence-electron chi connectivity index (χ3n) is 5.42. The minimum Gasteiger partial charge on any atom is -0.340 e. The topological polar surface area (TPSA) is 69.7 Å². The summed E-state index contributed by atoms with van der Waals surface area (Å²) in [4.78, 5) is 42.3. The monoisotopic (exact) mass is 491 g/mol. The molecule has 1 atom stereocenters. The molecule has 1 aliphatic heterocycles. The van der Waals surface area contributed by atoms with Crippen molar-refractivity contribution in [3.63, 3.8) is 0 Å². The molecular formula is C22H26BrN3O3S. The number of carbonyl (C=O) groups excluding carboxylic acids is 3. The molecule has 0 bridgehead atoms. The minimum atomic E-state index is -0.624. The molecule has 1 fully saturated rings. The van der Waals surface area contributed by atoms with Crippen molar-refractivity contribution in [3.8, 4) is 0 Å². The van der Waals surface area contributed by atoms with Crippen LogP contribution in [0.1, 0.15) is 36.0 Å². The SMILES string of the molecule is CC(NC(=O)c1ccc(Br)s1)C(=O)N1CCN(C(=O)C(C)(C)c2ccccc2)CC1. The number of thiophene rings is 1. The van der Waals surface area contributed by atoms with Gasteiger partial charge in [0, 0.05) is 26.2 Å². The molecule has 0 aliphatic carbocycles. The summed E-state index contributed by atoms with van der Waals surface area (Å²) in [5.74, 6) is -0.330. The molecule has 1 saturated heterocycles. The van der Waals surface area contributed by atoms with Crippen LogP contribution < -0.4 is 5.32 Å². The van der Waals surface area contributed by atoms with Gasteiger partial charge in [0.1, 0.15) is 6.04 Å². The Morgan fingerprint density at radius 1 is 1.00 bits per heavy atom. The van der Waals surface area contributed by atoms with Crippen molar-refractivity contribution >= 4 is 45.0 Å². The van der Waals surface area contributed by atoms with E-state index in [1.807, 2.05) is 49.1 Å². The maximum absolute atomic E-state index is 13.1. The maximum atomic E-state index is 13.1. The molecular weight excluding hydrogens is 466 g/mol. The number of piperazine rings is 1. The highest BCUT2D eigenvalue weighted by Crippen LogP contribution is 2.26. The summed E-state index contributed by atoms with van der Waals surface area (Å²) >= 11 is 4.66. The van der Waals surface area contributed by atoms with Gasteiger partial charge < -0.3 is 15.1 Å². The molecule has 1 unspecified atom stereocenters. The van der Waals surface area contributed by atoms with E-state index >= 15 is 0 Å². The Hall–Kier alpha value is -2.19. The molecule has 1 aromatic carbocycles. The number of hydrogen-bond donors (Lipinski definition) is 1. The first-order chi connectivity index (χ1) is 14.2. The van der Waals surface area contributed by atoms with Gasteiger partial charge >= 0.3 is 0 Å². The average molecular weight is 492 g/mol. The smallest absolute Gasteiger partial charge is 0.262 e. The Bertz CT molecular complexity index is 921. The summed E-state index contributed by atoms with van der Waals surface area (Å²) < 4.78 is 0.867. The molecule has 3 amide bonds. The van der Waals surface area contributed by atoms with Crippen LogP contribution in [0, 0.1) is 0 Å². The highest BCUT2D eigenvalue weighted by molar-refractivity contribution is 9.11. The second kappa shape index (κ2) is 9.31. The number of carbonyl (C=O) groups is 3. The fourth-order valence-corrected chi connectivity index (χ4v) is 4.83. The van der Waals surface area contributed by atoms with E-state index in [1.165, 1.54) is 11.3 Å². The van der Waals surface area contributed by atoms with E-state index in [9.17, 15) is 14.4 Å². The van der Waals surface area contributed by atoms with Gasteiger partial charge in [0.15, 0.2) is 0 Å². The zero-order chi connectivity index (χ0) is 21.9. The number of halogens is 1. The van der Waals surface area contributed by atoms with Gasteiger partial charge in [-0.05, 0) is 54.4 Å². The second-order valence-electron chi connectivity index (χ2n) is 7.91. The lowest BCUT2D eigenvalue weighted by atomic mass is 9.83. The molecule has 1 aliphatic rings. The number of rotatable bonds is 5. The third kappa shape index (κ3) is 4.92. The fourth-order valence-electron chi connectivity index (χ4n) is 3.54. The van der Waals surface area contributed by atoms with Crippen LogP contribution in [0.25, 0.3) is 0 Å². The highest BCUT2D eigenvalue weighted by atomic mass is 79.9. The van der Waals surface area contributed by atoms with Gasteiger partial charge in [-0.25, -0.2) is 0 Å². The summed E-state index contributed by atoms with van der Waals surface area (Å²) in [5.41, 5.74) is 0.356. The standard InChI is InChI=1S/C22H26BrN3O3S/c1-15(24-19(27)17-9-10-18(23)30-17)20(28)25-11-13-26(14-12-25)21(29)22(2,3)16-7-5-4-6-8-16/h4-10,15H,11-14H2,1-3H3,(H,24,27). The zero-order valence-electron chi connectivity index (χ0n) is 17.4. The van der Waals surface area contributed by atoms with Crippen molar-refractivity contribution in [3.05, 3.63) is 56.7 Å². The molecule has 2 aromatic rings. The summed E-state index contributed by atoms with van der Waals surface area (Å²) in [6, 6.07) is 12.6. The second-order valence-corrected chi connectivity index (χ2v) is 10.4. The molecule has 1 aromatic heterocycles. The summed E-state index contributed by atoms with van der Waals surface area (Å²) in [6.07, 6.45) is 0. The average Bonchev–Trinajstić information content (AvgIpc) is 3.20. The summed E-state index contributed by atoms with van der Waals surface area (Å²) in [6.45, 7) is 7.45. The van der Waals surface area contributed by atoms with Gasteiger partial charge in [0.25, 0.3) is 5.91 Å². The Labute approximate surface area is 189 Å². The van der Waals surface area contributed by atoms with Crippen molar-refractivity contribution < 1.29 is 14.4 Å². The molecule has 8 heteroatoms. The Kier molecular flexibility index (Phi) is 6.98. The fraction of sp³-hybridized carbons (Fsp3) is 0.409. The Balaban J connectivity index is 1.55. The van der Waals surface area contributed by atoms with E-state index < -0.39 is 11.5 Å². The third-order valence-corrected chi connectivity index (χ3v) is 7.05. The highest BCUT2D eigenvalue weighted by Gasteiger charge is 2.36. The molecule has 30 heavy (non-hydrogen) atoms. The van der Waals surface area contributed by atoms with Crippen molar-refractivity contribution in [1.82, 2.24) is 15.1 Å². The first-order valence-corrected chi connectivity index (χ1v) is 11.5. The van der Waals surface area contributed by atoms with Crippen molar-refractivity contribution in [2.75, 3.05) is 26.2 Å². The zero-order valence-corrected chi connectivity index (χ0v) is 19.8. The maximum Gasteiger partial charge on any atom is 0.262 e. The Morgan fingerprint density at radius 2 is 1.60 bits per heavy atom. The van der Waals surface area contributed by atoms with E-state index in [1.54, 1.807) is 24.0 Å². The number of benzene rings is 1. The van der Waals surface area contributed by atoms with E-state index in [0.29, 0.717) is 31.1 Å². The Morgan fingerprint density at radius 3 is 2.17 bits per heavy atom. The van der Waals surface area contributed by atoms with Gasteiger partial charge in [0.05, 0.1) is 14.1 Å². The number of nitrogens with one attached hydrogen (secondary N) is 1. The molecule has 1 N–H and O–H groups in total. The predicted octanol–water partition coefficient (Wildman–Crippen LogP) is 3.28. The van der Waals surface area contributed by atoms with Crippen LogP contribution in [0.2, 0.25) is 0 Å². The molecule has 0 spiro atoms. The molecule has 160 valence electrons. The predicted molar refractivity (Wildman–Crippen MR) is 122 cm³/mol. The van der Waals surface area contributed by atoms with Crippen molar-refractivity contribution in [2.45, 2.75) is 32.2 Å². The molecule has 6 nitrogen and oxygen atoms in total. The van der Waals surface area contributed by atoms with E-state index in [2.05, 4.69) is 21.2 Å². The minimum absolute atomic E-state index is 0.0606. The van der Waals surface area contributed by atoms with Gasteiger partial charge in [-0.2, -0.15) is 0 Å². The van der Waals surface area contributed by atoms with Crippen molar-refractivity contribution in [1.29, 1.82) is 0 Å². The van der Waals surface area contributed by atoms with Crippen LogP contribution in [0.4, 0.5) is 0 Å². The van der Waals surface area contributed by atoms with Gasteiger partial charge in [-0.1, -0.05) is 30.3 Å². The quantitative estimate of drug-likeness (QED) is 0.697. The van der Waals surface area contributed by atoms with Crippen LogP contribution in [-0.4, -0.2) is 59.7 Å². The van der Waals surface area contributed by atoms with E-state index in [4.69, 9.17) is 0 Å². The first kappa shape index (κ1) is 22.5. The molecule has 0 radical (unpaired) electrons. The van der Waals surface area contributed by atoms with Gasteiger partial charge in [-0.3, -0.25) is 14.4 Å². The lowest BCUT2D eigenvalue weighted by molar-refractivity contribution is -0.143.